The highest BCUT2D eigenvalue weighted by atomic mass is 32.2. The Labute approximate surface area is 83.1 Å². The third-order valence-corrected chi connectivity index (χ3v) is 2.32. The summed E-state index contributed by atoms with van der Waals surface area (Å²) in [5.74, 6) is -0.571. The number of rotatable bonds is 3. The third kappa shape index (κ3) is 2.68. The van der Waals surface area contributed by atoms with E-state index in [-0.39, 0.29) is 17.0 Å². The van der Waals surface area contributed by atoms with Crippen LogP contribution < -0.4 is 0 Å². The first-order valence-electron chi connectivity index (χ1n) is 3.73. The summed E-state index contributed by atoms with van der Waals surface area (Å²) in [6.45, 7) is 0. The van der Waals surface area contributed by atoms with Crippen LogP contribution in [0.25, 0.3) is 0 Å². The Morgan fingerprint density at radius 1 is 1.57 bits per heavy atom. The highest BCUT2D eigenvalue weighted by Gasteiger charge is 2.13. The van der Waals surface area contributed by atoms with Crippen LogP contribution >= 0.6 is 0 Å². The van der Waals surface area contributed by atoms with E-state index in [9.17, 15) is 19.1 Å². The van der Waals surface area contributed by atoms with Gasteiger partial charge in [-0.3, -0.25) is 10.1 Å². The maximum Gasteiger partial charge on any atom is 0.270 e. The Bertz CT molecular complexity index is 356. The minimum absolute atomic E-state index is 0.00644. The molecule has 0 aliphatic rings. The van der Waals surface area contributed by atoms with E-state index in [4.69, 9.17) is 0 Å². The van der Waals surface area contributed by atoms with Crippen molar-refractivity contribution in [1.29, 1.82) is 0 Å². The largest absolute Gasteiger partial charge is 0.616 e. The molecule has 0 saturated carbocycles. The molecule has 1 rings (SSSR count). The second-order valence-corrected chi connectivity index (χ2v) is 4.19. The molecule has 1 atom stereocenters. The van der Waals surface area contributed by atoms with Crippen molar-refractivity contribution in [2.75, 3.05) is 6.26 Å². The molecule has 0 N–H and O–H groups in total. The van der Waals surface area contributed by atoms with E-state index in [1.807, 2.05) is 0 Å². The van der Waals surface area contributed by atoms with Gasteiger partial charge in [-0.25, -0.2) is 4.39 Å². The van der Waals surface area contributed by atoms with Crippen LogP contribution in [0.1, 0.15) is 5.56 Å². The molecule has 0 radical (unpaired) electrons. The van der Waals surface area contributed by atoms with E-state index < -0.39 is 21.9 Å². The quantitative estimate of drug-likeness (QED) is 0.439. The van der Waals surface area contributed by atoms with E-state index in [2.05, 4.69) is 0 Å². The zero-order valence-corrected chi connectivity index (χ0v) is 8.21. The molecule has 0 aromatic heterocycles. The lowest BCUT2D eigenvalue weighted by Crippen LogP contribution is -2.03. The van der Waals surface area contributed by atoms with Crippen molar-refractivity contribution in [3.8, 4) is 0 Å². The molecular weight excluding hydrogens is 209 g/mol. The maximum atomic E-state index is 13.0. The second-order valence-electron chi connectivity index (χ2n) is 2.75. The zero-order chi connectivity index (χ0) is 10.7. The molecule has 0 aliphatic carbocycles. The Hall–Kier alpha value is -1.14. The highest BCUT2D eigenvalue weighted by molar-refractivity contribution is 7.89. The summed E-state index contributed by atoms with van der Waals surface area (Å²) in [6.07, 6.45) is 1.41. The molecule has 0 spiro atoms. The number of non-ortho nitro benzene ring substituents is 1. The lowest BCUT2D eigenvalue weighted by atomic mass is 10.2. The average molecular weight is 217 g/mol. The molecule has 6 heteroatoms. The van der Waals surface area contributed by atoms with Gasteiger partial charge in [0.1, 0.15) is 11.6 Å². The van der Waals surface area contributed by atoms with Gasteiger partial charge in [-0.15, -0.1) is 0 Å². The molecule has 14 heavy (non-hydrogen) atoms. The van der Waals surface area contributed by atoms with Crippen LogP contribution in [0.5, 0.6) is 0 Å². The van der Waals surface area contributed by atoms with Crippen LogP contribution in [0.3, 0.4) is 0 Å². The van der Waals surface area contributed by atoms with Gasteiger partial charge in [0.2, 0.25) is 0 Å². The van der Waals surface area contributed by atoms with Crippen molar-refractivity contribution in [3.05, 3.63) is 39.7 Å². The van der Waals surface area contributed by atoms with Gasteiger partial charge < -0.3 is 4.55 Å². The van der Waals surface area contributed by atoms with Gasteiger partial charge in [-0.05, 0) is 6.07 Å². The summed E-state index contributed by atoms with van der Waals surface area (Å²) in [7, 11) is 0. The normalized spacial score (nSPS) is 12.5. The number of nitro benzene ring substituents is 1. The van der Waals surface area contributed by atoms with E-state index in [1.54, 1.807) is 0 Å². The van der Waals surface area contributed by atoms with Crippen molar-refractivity contribution in [2.45, 2.75) is 5.75 Å². The topological polar surface area (TPSA) is 66.2 Å². The fourth-order valence-corrected chi connectivity index (χ4v) is 1.66. The summed E-state index contributed by atoms with van der Waals surface area (Å²) in [6, 6.07) is 3.20. The zero-order valence-electron chi connectivity index (χ0n) is 7.40. The smallest absolute Gasteiger partial charge is 0.270 e. The molecule has 0 bridgehead atoms. The van der Waals surface area contributed by atoms with E-state index in [1.165, 1.54) is 6.26 Å². The molecule has 0 fully saturated rings. The van der Waals surface area contributed by atoms with Gasteiger partial charge >= 0.3 is 0 Å². The Kier molecular flexibility index (Phi) is 3.43. The molecule has 1 aromatic carbocycles. The number of benzene rings is 1. The van der Waals surface area contributed by atoms with Gasteiger partial charge in [-0.1, -0.05) is 11.2 Å². The summed E-state index contributed by atoms with van der Waals surface area (Å²) < 4.78 is 23.9. The van der Waals surface area contributed by atoms with Crippen molar-refractivity contribution in [1.82, 2.24) is 0 Å². The van der Waals surface area contributed by atoms with Crippen molar-refractivity contribution >= 4 is 16.9 Å². The average Bonchev–Trinajstić information content (AvgIpc) is 2.07. The number of hydrogen-bond acceptors (Lipinski definition) is 3. The van der Waals surface area contributed by atoms with Crippen molar-refractivity contribution in [3.63, 3.8) is 0 Å². The van der Waals surface area contributed by atoms with E-state index in [0.717, 1.165) is 18.2 Å². The number of hydrogen-bond donors (Lipinski definition) is 0. The summed E-state index contributed by atoms with van der Waals surface area (Å²) >= 11 is -1.21. The number of nitro groups is 1. The summed E-state index contributed by atoms with van der Waals surface area (Å²) in [5.41, 5.74) is -0.0770. The monoisotopic (exact) mass is 217 g/mol. The maximum absolute atomic E-state index is 13.0. The molecule has 0 amide bonds. The second kappa shape index (κ2) is 4.39. The van der Waals surface area contributed by atoms with E-state index in [0.29, 0.717) is 0 Å². The molecular formula is C8H8FNO3S. The lowest BCUT2D eigenvalue weighted by molar-refractivity contribution is -0.385. The first kappa shape index (κ1) is 10.9. The lowest BCUT2D eigenvalue weighted by Gasteiger charge is -2.05. The molecule has 1 aromatic rings. The predicted octanol–water partition coefficient (Wildman–Crippen LogP) is 1.61. The van der Waals surface area contributed by atoms with Gasteiger partial charge in [0, 0.05) is 17.7 Å². The van der Waals surface area contributed by atoms with Crippen LogP contribution in [0, 0.1) is 15.9 Å². The van der Waals surface area contributed by atoms with Crippen LogP contribution in [-0.4, -0.2) is 15.7 Å². The molecule has 0 saturated heterocycles. The standard InChI is InChI=1S/C8H8FNO3S/c1-14(13)5-6-4-7(10(11)12)2-3-8(6)9/h2-4H,5H2,1H3. The minimum Gasteiger partial charge on any atom is -0.616 e. The number of halogens is 1. The summed E-state index contributed by atoms with van der Waals surface area (Å²) in [4.78, 5) is 9.75. The molecule has 0 aliphatic heterocycles. The minimum atomic E-state index is -1.21. The van der Waals surface area contributed by atoms with Crippen molar-refractivity contribution < 1.29 is 13.9 Å². The van der Waals surface area contributed by atoms with Crippen molar-refractivity contribution in [2.24, 2.45) is 0 Å². The van der Waals surface area contributed by atoms with Crippen LogP contribution in [0.2, 0.25) is 0 Å². The summed E-state index contributed by atoms with van der Waals surface area (Å²) in [5, 5.41) is 10.4. The molecule has 1 unspecified atom stereocenters. The third-order valence-electron chi connectivity index (χ3n) is 1.60. The van der Waals surface area contributed by atoms with Gasteiger partial charge in [0.15, 0.2) is 0 Å². The first-order valence-corrected chi connectivity index (χ1v) is 5.46. The molecule has 76 valence electrons. The van der Waals surface area contributed by atoms with Gasteiger partial charge in [-0.2, -0.15) is 0 Å². The fourth-order valence-electron chi connectivity index (χ4n) is 1.00. The predicted molar refractivity (Wildman–Crippen MR) is 50.8 cm³/mol. The Morgan fingerprint density at radius 3 is 2.71 bits per heavy atom. The highest BCUT2D eigenvalue weighted by Crippen LogP contribution is 2.18. The van der Waals surface area contributed by atoms with Gasteiger partial charge in [0.25, 0.3) is 5.69 Å². The van der Waals surface area contributed by atoms with Gasteiger partial charge in [0.05, 0.1) is 11.2 Å². The van der Waals surface area contributed by atoms with Crippen LogP contribution in [-0.2, 0) is 16.9 Å². The van der Waals surface area contributed by atoms with Crippen LogP contribution in [0.15, 0.2) is 18.2 Å². The molecule has 4 nitrogen and oxygen atoms in total. The Morgan fingerprint density at radius 2 is 2.21 bits per heavy atom. The SMILES string of the molecule is C[S+]([O-])Cc1cc([N+](=O)[O-])ccc1F. The number of nitrogens with zero attached hydrogens (tertiary/aromatic N) is 1. The Balaban J connectivity index is 3.02. The fraction of sp³-hybridized carbons (Fsp3) is 0.250. The van der Waals surface area contributed by atoms with E-state index >= 15 is 0 Å². The molecule has 0 heterocycles. The van der Waals surface area contributed by atoms with Crippen LogP contribution in [0.4, 0.5) is 10.1 Å². The first-order chi connectivity index (χ1) is 6.50.